The van der Waals surface area contributed by atoms with Crippen LogP contribution in [0.4, 0.5) is 0 Å². The normalized spacial score (nSPS) is 27.2. The third kappa shape index (κ3) is 5.46. The molecule has 16 heteroatoms. The number of piperidine rings is 1. The number of carboxylic acid groups (broad SMARTS) is 2. The smallest absolute Gasteiger partial charge is 0.353 e. The lowest BCUT2D eigenvalue weighted by atomic mass is 9.50. The first-order chi connectivity index (χ1) is 23.2. The van der Waals surface area contributed by atoms with Crippen molar-refractivity contribution < 1.29 is 73.6 Å². The van der Waals surface area contributed by atoms with Gasteiger partial charge in [0, 0.05) is 23.6 Å². The Kier molecular flexibility index (Phi) is 8.60. The lowest BCUT2D eigenvalue weighted by molar-refractivity contribution is -0.187. The van der Waals surface area contributed by atoms with E-state index in [4.69, 9.17) is 24.1 Å². The van der Waals surface area contributed by atoms with E-state index in [2.05, 4.69) is 0 Å². The molecule has 1 fully saturated rings. The van der Waals surface area contributed by atoms with E-state index in [0.29, 0.717) is 24.9 Å². The molecule has 0 saturated carbocycles. The minimum atomic E-state index is -2.63. The van der Waals surface area contributed by atoms with Crippen LogP contribution in [0.2, 0.25) is 0 Å². The summed E-state index contributed by atoms with van der Waals surface area (Å²) in [5.74, 6) is -8.23. The highest BCUT2D eigenvalue weighted by molar-refractivity contribution is 5.89. The Hall–Kier alpha value is -5.03. The van der Waals surface area contributed by atoms with Gasteiger partial charge in [0.05, 0.1) is 17.4 Å². The molecule has 8 atom stereocenters. The van der Waals surface area contributed by atoms with Gasteiger partial charge in [0.2, 0.25) is 12.2 Å². The fraction of sp³-hybridized carbons (Fsp3) is 0.424. The standard InChI is InChI=1S/C33H33NO15/c1-34-12-11-32-22-16-7-8-17(35)26(22)48-27(32)18(9-10-33(32,45)20(34)13-16)46-29(42)23(38)24(39)30(43)49-25(15-5-3-2-4-6-15)31(44)47-19(28(40)41)14-21(36)37/h2-9,19-20,23-25,27,35,38-39,45H,10-14H2,1H3,(H,36,37)(H,40,41)/t19-,20+,23-,24-,25+,27+,32+,33-/m1/s1. The lowest BCUT2D eigenvalue weighted by Gasteiger charge is -2.61. The predicted octanol–water partition coefficient (Wildman–Crippen LogP) is -0.309. The van der Waals surface area contributed by atoms with Crippen molar-refractivity contribution in [2.75, 3.05) is 13.6 Å². The van der Waals surface area contributed by atoms with E-state index in [-0.39, 0.29) is 35.3 Å². The van der Waals surface area contributed by atoms with Crippen molar-refractivity contribution in [3.8, 4) is 11.5 Å². The predicted molar refractivity (Wildman–Crippen MR) is 160 cm³/mol. The summed E-state index contributed by atoms with van der Waals surface area (Å²) < 4.78 is 21.5. The SMILES string of the molecule is CN1CC[C@]23c4c5ccc(O)c4O[C@H]2C(OC(=O)[C@H](O)[C@@H](O)C(=O)O[C@H](C(=O)O[C@H](CC(=O)O)C(=O)O)c2ccccc2)=CC[C@@]3(O)[C@@H]1C5. The number of carbonyl (C=O) groups is 5. The Morgan fingerprint density at radius 3 is 2.35 bits per heavy atom. The fourth-order valence-corrected chi connectivity index (χ4v) is 7.48. The molecule has 6 N–H and O–H groups in total. The second-order valence-corrected chi connectivity index (χ2v) is 12.5. The van der Waals surface area contributed by atoms with E-state index in [9.17, 15) is 49.5 Å². The van der Waals surface area contributed by atoms with Gasteiger partial charge in [0.1, 0.15) is 5.76 Å². The lowest BCUT2D eigenvalue weighted by Crippen LogP contribution is -2.74. The van der Waals surface area contributed by atoms with Crippen LogP contribution in [0.15, 0.2) is 54.3 Å². The Morgan fingerprint density at radius 2 is 1.67 bits per heavy atom. The van der Waals surface area contributed by atoms with Crippen LogP contribution in [0, 0.1) is 0 Å². The number of aliphatic hydroxyl groups excluding tert-OH is 2. The number of carboxylic acids is 2. The largest absolute Gasteiger partial charge is 0.504 e. The molecule has 0 amide bonds. The first-order valence-corrected chi connectivity index (χ1v) is 15.3. The van der Waals surface area contributed by atoms with Crippen molar-refractivity contribution in [3.63, 3.8) is 0 Å². The minimum absolute atomic E-state index is 0.0137. The van der Waals surface area contributed by atoms with Gasteiger partial charge in [-0.3, -0.25) is 4.79 Å². The van der Waals surface area contributed by atoms with Crippen LogP contribution >= 0.6 is 0 Å². The van der Waals surface area contributed by atoms with Crippen LogP contribution in [0.5, 0.6) is 11.5 Å². The number of phenols is 1. The molecule has 1 spiro atoms. The number of aromatic hydroxyl groups is 1. The van der Waals surface area contributed by atoms with Crippen molar-refractivity contribution in [1.29, 1.82) is 0 Å². The molecule has 0 unspecified atom stereocenters. The van der Waals surface area contributed by atoms with Gasteiger partial charge < -0.3 is 54.5 Å². The average molecular weight is 684 g/mol. The second-order valence-electron chi connectivity index (χ2n) is 12.5. The highest BCUT2D eigenvalue weighted by Gasteiger charge is 2.72. The van der Waals surface area contributed by atoms with Gasteiger partial charge in [0.25, 0.3) is 0 Å². The summed E-state index contributed by atoms with van der Waals surface area (Å²) in [6, 6.07) is 9.90. The van der Waals surface area contributed by atoms with E-state index < -0.39 is 77.8 Å². The summed E-state index contributed by atoms with van der Waals surface area (Å²) in [5.41, 5.74) is -1.10. The molecule has 2 aliphatic heterocycles. The molecular weight excluding hydrogens is 650 g/mol. The number of aliphatic carboxylic acids is 2. The van der Waals surface area contributed by atoms with Crippen molar-refractivity contribution in [1.82, 2.24) is 4.90 Å². The minimum Gasteiger partial charge on any atom is -0.504 e. The third-order valence-electron chi connectivity index (χ3n) is 9.80. The number of likely N-dealkylation sites (tertiary alicyclic amines) is 1. The molecule has 1 saturated heterocycles. The molecule has 2 heterocycles. The summed E-state index contributed by atoms with van der Waals surface area (Å²) >= 11 is 0. The molecule has 6 rings (SSSR count). The number of ether oxygens (including phenoxy) is 4. The van der Waals surface area contributed by atoms with E-state index in [0.717, 1.165) is 5.56 Å². The van der Waals surface area contributed by atoms with Crippen molar-refractivity contribution >= 4 is 29.8 Å². The summed E-state index contributed by atoms with van der Waals surface area (Å²) in [4.78, 5) is 63.6. The number of hydrogen-bond acceptors (Lipinski definition) is 14. The van der Waals surface area contributed by atoms with Gasteiger partial charge in [-0.25, -0.2) is 19.2 Å². The fourth-order valence-electron chi connectivity index (χ4n) is 7.48. The zero-order valence-corrected chi connectivity index (χ0v) is 25.9. The summed E-state index contributed by atoms with van der Waals surface area (Å²) in [6.07, 6.45) is -9.30. The second kappa shape index (κ2) is 12.5. The molecular formula is C33H33NO15. The molecule has 0 aromatic heterocycles. The number of phenolic OH excluding ortho intramolecular Hbond substituents is 1. The average Bonchev–Trinajstić information content (AvgIpc) is 3.43. The number of aliphatic hydroxyl groups is 3. The maximum Gasteiger partial charge on any atom is 0.353 e. The van der Waals surface area contributed by atoms with Gasteiger partial charge in [-0.1, -0.05) is 36.4 Å². The highest BCUT2D eigenvalue weighted by Crippen LogP contribution is 2.65. The number of carbonyl (C=O) groups excluding carboxylic acids is 3. The van der Waals surface area contributed by atoms with Crippen LogP contribution in [-0.2, 0) is 50.0 Å². The number of hydrogen-bond donors (Lipinski definition) is 6. The van der Waals surface area contributed by atoms with Crippen molar-refractivity contribution in [2.24, 2.45) is 0 Å². The van der Waals surface area contributed by atoms with E-state index in [1.165, 1.54) is 36.4 Å². The molecule has 2 aromatic rings. The Bertz CT molecular complexity index is 1740. The molecule has 4 aliphatic rings. The Balaban J connectivity index is 1.20. The summed E-state index contributed by atoms with van der Waals surface area (Å²) in [7, 11) is 1.89. The number of benzene rings is 2. The van der Waals surface area contributed by atoms with Gasteiger partial charge in [0.15, 0.2) is 29.8 Å². The summed E-state index contributed by atoms with van der Waals surface area (Å²) in [6.45, 7) is 0.546. The van der Waals surface area contributed by atoms with Crippen LogP contribution in [-0.4, -0.2) is 115 Å². The number of esters is 3. The number of likely N-dealkylation sites (N-methyl/N-ethyl adjacent to an activating group) is 1. The van der Waals surface area contributed by atoms with E-state index in [1.807, 2.05) is 11.9 Å². The Morgan fingerprint density at radius 1 is 0.980 bits per heavy atom. The molecule has 49 heavy (non-hydrogen) atoms. The maximum absolute atomic E-state index is 13.2. The van der Waals surface area contributed by atoms with Gasteiger partial charge in [-0.15, -0.1) is 0 Å². The number of nitrogens with zero attached hydrogens (tertiary/aromatic N) is 1. The first kappa shape index (κ1) is 33.9. The zero-order valence-electron chi connectivity index (χ0n) is 25.9. The van der Waals surface area contributed by atoms with Gasteiger partial charge in [-0.2, -0.15) is 0 Å². The molecule has 0 radical (unpaired) electrons. The molecule has 2 aromatic carbocycles. The molecule has 16 nitrogen and oxygen atoms in total. The van der Waals surface area contributed by atoms with Crippen LogP contribution in [0.3, 0.4) is 0 Å². The monoisotopic (exact) mass is 683 g/mol. The van der Waals surface area contributed by atoms with Gasteiger partial charge >= 0.3 is 29.8 Å². The van der Waals surface area contributed by atoms with Crippen molar-refractivity contribution in [3.05, 3.63) is 71.0 Å². The first-order valence-electron chi connectivity index (χ1n) is 15.3. The van der Waals surface area contributed by atoms with E-state index >= 15 is 0 Å². The summed E-state index contributed by atoms with van der Waals surface area (Å²) in [5, 5.41) is 62.5. The molecule has 2 aliphatic carbocycles. The highest BCUT2D eigenvalue weighted by atomic mass is 16.6. The van der Waals surface area contributed by atoms with E-state index in [1.54, 1.807) is 12.1 Å². The number of rotatable bonds is 11. The maximum atomic E-state index is 13.2. The molecule has 2 bridgehead atoms. The quantitative estimate of drug-likeness (QED) is 0.131. The van der Waals surface area contributed by atoms with Crippen LogP contribution in [0.1, 0.15) is 42.1 Å². The van der Waals surface area contributed by atoms with Crippen molar-refractivity contribution in [2.45, 2.75) is 73.3 Å². The topological polar surface area (TPSA) is 247 Å². The van der Waals surface area contributed by atoms with Gasteiger partial charge in [-0.05, 0) is 44.1 Å². The molecule has 260 valence electrons. The zero-order chi connectivity index (χ0) is 35.4. The van der Waals surface area contributed by atoms with Crippen LogP contribution < -0.4 is 4.74 Å². The van der Waals surface area contributed by atoms with Crippen LogP contribution in [0.25, 0.3) is 0 Å². The Labute approximate surface area is 277 Å². The third-order valence-corrected chi connectivity index (χ3v) is 9.80.